The van der Waals surface area contributed by atoms with Crippen molar-refractivity contribution in [2.24, 2.45) is 0 Å². The molecule has 0 spiro atoms. The first-order chi connectivity index (χ1) is 19.1. The number of esters is 1. The number of aryl methyl sites for hydroxylation is 1. The highest BCUT2D eigenvalue weighted by atomic mass is 35.5. The van der Waals surface area contributed by atoms with Crippen molar-refractivity contribution in [3.8, 4) is 5.75 Å². The maximum absolute atomic E-state index is 13.6. The molecule has 1 aliphatic carbocycles. The second kappa shape index (κ2) is 10.2. The average Bonchev–Trinajstić information content (AvgIpc) is 3.45. The van der Waals surface area contributed by atoms with E-state index in [4.69, 9.17) is 26.1 Å². The molecule has 1 amide bonds. The molecule has 1 atom stereocenters. The molecule has 0 aromatic carbocycles. The number of pyridine rings is 1. The summed E-state index contributed by atoms with van der Waals surface area (Å²) in [6, 6.07) is 2.23. The standard InChI is InChI=1S/C23H22ClN7O6S3/c1-11-28-31-18-13(26-23(31)38-11)7-8-30(19(18)21-25-9-15(39-21)22(33)36-2)17(32)10-37-14-5-6-16(27-20(14)24)29-40(34,35)12-3-4-12/h5-6,9,12,19H,3-4,7-8,10H2,1-2H3,(H,27,29). The molecule has 40 heavy (non-hydrogen) atoms. The molecule has 0 bridgehead atoms. The summed E-state index contributed by atoms with van der Waals surface area (Å²) in [4.78, 5) is 41.5. The van der Waals surface area contributed by atoms with Crippen molar-refractivity contribution in [2.75, 3.05) is 25.0 Å². The van der Waals surface area contributed by atoms with Gasteiger partial charge in [0.15, 0.2) is 17.5 Å². The largest absolute Gasteiger partial charge is 0.481 e. The monoisotopic (exact) mass is 623 g/mol. The minimum atomic E-state index is -3.50. The number of ether oxygens (including phenoxy) is 2. The molecule has 1 saturated carbocycles. The van der Waals surface area contributed by atoms with Gasteiger partial charge in [0.2, 0.25) is 15.0 Å². The fourth-order valence-corrected chi connectivity index (χ4v) is 7.66. The van der Waals surface area contributed by atoms with Crippen LogP contribution in [0.1, 0.15) is 50.0 Å². The number of imidazole rings is 1. The number of anilines is 1. The summed E-state index contributed by atoms with van der Waals surface area (Å²) in [5.74, 6) is -0.675. The molecule has 6 rings (SSSR count). The van der Waals surface area contributed by atoms with Gasteiger partial charge in [-0.25, -0.2) is 32.7 Å². The van der Waals surface area contributed by atoms with E-state index in [1.807, 2.05) is 6.92 Å². The van der Waals surface area contributed by atoms with E-state index in [2.05, 4.69) is 19.8 Å². The van der Waals surface area contributed by atoms with E-state index in [1.165, 1.54) is 36.8 Å². The molecule has 1 fully saturated rings. The van der Waals surface area contributed by atoms with Crippen LogP contribution in [-0.4, -0.2) is 75.3 Å². The van der Waals surface area contributed by atoms with Gasteiger partial charge in [0.25, 0.3) is 5.91 Å². The third kappa shape index (κ3) is 5.00. The molecule has 1 aliphatic heterocycles. The van der Waals surface area contributed by atoms with E-state index in [9.17, 15) is 18.0 Å². The lowest BCUT2D eigenvalue weighted by molar-refractivity contribution is -0.135. The first-order valence-corrected chi connectivity index (χ1v) is 15.7. The van der Waals surface area contributed by atoms with Crippen LogP contribution in [0.3, 0.4) is 0 Å². The molecule has 2 aliphatic rings. The molecule has 4 aromatic heterocycles. The van der Waals surface area contributed by atoms with Crippen LogP contribution in [0.4, 0.5) is 5.82 Å². The van der Waals surface area contributed by atoms with Gasteiger partial charge in [-0.2, -0.15) is 5.10 Å². The summed E-state index contributed by atoms with van der Waals surface area (Å²) >= 11 is 8.82. The minimum absolute atomic E-state index is 0.0766. The van der Waals surface area contributed by atoms with E-state index in [0.717, 1.165) is 22.0 Å². The van der Waals surface area contributed by atoms with Crippen LogP contribution in [0.5, 0.6) is 5.75 Å². The first kappa shape index (κ1) is 26.9. The zero-order valence-electron chi connectivity index (χ0n) is 21.2. The van der Waals surface area contributed by atoms with Gasteiger partial charge in [-0.1, -0.05) is 22.9 Å². The van der Waals surface area contributed by atoms with Crippen LogP contribution < -0.4 is 9.46 Å². The van der Waals surface area contributed by atoms with Gasteiger partial charge in [0.1, 0.15) is 26.8 Å². The highest BCUT2D eigenvalue weighted by molar-refractivity contribution is 7.93. The van der Waals surface area contributed by atoms with E-state index in [-0.39, 0.29) is 29.2 Å². The third-order valence-electron chi connectivity index (χ3n) is 6.42. The predicted molar refractivity (Wildman–Crippen MR) is 147 cm³/mol. The number of sulfonamides is 1. The zero-order valence-corrected chi connectivity index (χ0v) is 24.4. The summed E-state index contributed by atoms with van der Waals surface area (Å²) in [6.07, 6.45) is 3.15. The molecular weight excluding hydrogens is 602 g/mol. The number of hydrogen-bond acceptors (Lipinski definition) is 12. The Morgan fingerprint density at radius 2 is 2.02 bits per heavy atom. The Bertz CT molecular complexity index is 1750. The van der Waals surface area contributed by atoms with Gasteiger partial charge in [0.05, 0.1) is 29.9 Å². The number of carbonyl (C=O) groups excluding carboxylic acids is 2. The number of nitrogens with one attached hydrogen (secondary N) is 1. The maximum Gasteiger partial charge on any atom is 0.349 e. The molecule has 13 nitrogen and oxygen atoms in total. The topological polar surface area (TPSA) is 158 Å². The summed E-state index contributed by atoms with van der Waals surface area (Å²) in [5, 5.41) is 5.41. The average molecular weight is 624 g/mol. The summed E-state index contributed by atoms with van der Waals surface area (Å²) < 4.78 is 39.1. The molecular formula is C23H22ClN7O6S3. The zero-order chi connectivity index (χ0) is 28.2. The van der Waals surface area contributed by atoms with Crippen molar-refractivity contribution >= 4 is 67.0 Å². The summed E-state index contributed by atoms with van der Waals surface area (Å²) in [6.45, 7) is 1.84. The second-order valence-corrected chi connectivity index (χ2v) is 13.7. The number of methoxy groups -OCH3 is 1. The van der Waals surface area contributed by atoms with Crippen LogP contribution in [-0.2, 0) is 26.0 Å². The maximum atomic E-state index is 13.6. The lowest BCUT2D eigenvalue weighted by Crippen LogP contribution is -2.43. The predicted octanol–water partition coefficient (Wildman–Crippen LogP) is 2.85. The van der Waals surface area contributed by atoms with Gasteiger partial charge in [-0.3, -0.25) is 9.52 Å². The highest BCUT2D eigenvalue weighted by Crippen LogP contribution is 2.38. The Labute approximate surface area is 241 Å². The Kier molecular flexibility index (Phi) is 6.88. The number of aromatic nitrogens is 5. The molecule has 17 heteroatoms. The number of halogens is 1. The fraction of sp³-hybridized carbons (Fsp3) is 0.391. The van der Waals surface area contributed by atoms with Gasteiger partial charge in [0, 0.05) is 13.0 Å². The van der Waals surface area contributed by atoms with Crippen LogP contribution >= 0.6 is 34.3 Å². The molecule has 1 N–H and O–H groups in total. The van der Waals surface area contributed by atoms with E-state index in [0.29, 0.717) is 46.3 Å². The lowest BCUT2D eigenvalue weighted by atomic mass is 10.0. The summed E-state index contributed by atoms with van der Waals surface area (Å²) in [7, 11) is -2.21. The minimum Gasteiger partial charge on any atom is -0.481 e. The molecule has 0 saturated heterocycles. The molecule has 1 unspecified atom stereocenters. The number of carbonyl (C=O) groups is 2. The van der Waals surface area contributed by atoms with Gasteiger partial charge in [-0.05, 0) is 31.9 Å². The number of rotatable bonds is 8. The number of nitrogens with zero attached hydrogens (tertiary/aromatic N) is 6. The Balaban J connectivity index is 1.25. The van der Waals surface area contributed by atoms with Crippen molar-refractivity contribution in [1.29, 1.82) is 0 Å². The van der Waals surface area contributed by atoms with Crippen molar-refractivity contribution < 1.29 is 27.5 Å². The second-order valence-electron chi connectivity index (χ2n) is 9.17. The van der Waals surface area contributed by atoms with E-state index in [1.54, 1.807) is 9.42 Å². The quantitative estimate of drug-likeness (QED) is 0.228. The number of fused-ring (bicyclic) bond motifs is 3. The lowest BCUT2D eigenvalue weighted by Gasteiger charge is -2.34. The van der Waals surface area contributed by atoms with Crippen LogP contribution in [0.15, 0.2) is 18.3 Å². The molecule has 0 radical (unpaired) electrons. The molecule has 210 valence electrons. The number of thiazole rings is 1. The van der Waals surface area contributed by atoms with Gasteiger partial charge < -0.3 is 14.4 Å². The fourth-order valence-electron chi connectivity index (χ4n) is 4.41. The number of hydrogen-bond donors (Lipinski definition) is 1. The third-order valence-corrected chi connectivity index (χ3v) is 10.4. The van der Waals surface area contributed by atoms with Crippen LogP contribution in [0.2, 0.25) is 5.15 Å². The van der Waals surface area contributed by atoms with Crippen LogP contribution in [0, 0.1) is 6.92 Å². The van der Waals surface area contributed by atoms with Crippen molar-refractivity contribution in [3.63, 3.8) is 0 Å². The summed E-state index contributed by atoms with van der Waals surface area (Å²) in [5.41, 5.74) is 1.51. The van der Waals surface area contributed by atoms with E-state index < -0.39 is 27.3 Å². The molecule has 5 heterocycles. The van der Waals surface area contributed by atoms with Gasteiger partial charge in [-0.15, -0.1) is 11.3 Å². The van der Waals surface area contributed by atoms with Crippen molar-refractivity contribution in [2.45, 2.75) is 37.5 Å². The Morgan fingerprint density at radius 1 is 1.23 bits per heavy atom. The van der Waals surface area contributed by atoms with E-state index >= 15 is 0 Å². The van der Waals surface area contributed by atoms with Gasteiger partial charge >= 0.3 is 5.97 Å². The Morgan fingerprint density at radius 3 is 2.75 bits per heavy atom. The normalized spacial score (nSPS) is 17.1. The SMILES string of the molecule is COC(=O)c1cnc(C2c3c(nc4sc(C)nn34)CCN2C(=O)COc2ccc(NS(=O)(=O)C3CC3)nc2Cl)s1. The first-order valence-electron chi connectivity index (χ1n) is 12.1. The van der Waals surface area contributed by atoms with Crippen LogP contribution in [0.25, 0.3) is 4.96 Å². The van der Waals surface area contributed by atoms with Crippen molar-refractivity contribution in [1.82, 2.24) is 29.5 Å². The highest BCUT2D eigenvalue weighted by Gasteiger charge is 2.39. The number of amides is 1. The Hall–Kier alpha value is -3.34. The van der Waals surface area contributed by atoms with Crippen molar-refractivity contribution in [3.05, 3.63) is 49.8 Å². The molecule has 4 aromatic rings. The smallest absolute Gasteiger partial charge is 0.349 e.